The van der Waals surface area contributed by atoms with Crippen LogP contribution in [-0.4, -0.2) is 52.4 Å². The summed E-state index contributed by atoms with van der Waals surface area (Å²) in [7, 11) is 0. The van der Waals surface area contributed by atoms with E-state index in [0.717, 1.165) is 52.4 Å². The van der Waals surface area contributed by atoms with E-state index in [1.54, 1.807) is 0 Å². The Kier molecular flexibility index (Phi) is 76.7. The van der Waals surface area contributed by atoms with Crippen LogP contribution in [0.4, 0.5) is 56.9 Å². The van der Waals surface area contributed by atoms with Gasteiger partial charge in [0.1, 0.15) is 0 Å². The summed E-state index contributed by atoms with van der Waals surface area (Å²) in [5.74, 6) is 0. The summed E-state index contributed by atoms with van der Waals surface area (Å²) in [5.41, 5.74) is 12.9. The van der Waals surface area contributed by atoms with Gasteiger partial charge < -0.3 is 29.4 Å². The molecule has 5 aromatic rings. The Hall–Kier alpha value is -5.10. The second-order valence-corrected chi connectivity index (χ2v) is 41.7. The van der Waals surface area contributed by atoms with Crippen molar-refractivity contribution < 1.29 is 0 Å². The Morgan fingerprint density at radius 1 is 0.0985 bits per heavy atom. The molecule has 0 saturated heterocycles. The lowest BCUT2D eigenvalue weighted by Gasteiger charge is -2.31. The molecule has 5 aromatic carbocycles. The molecular weight excluding hydrogens is 1600 g/mol. The summed E-state index contributed by atoms with van der Waals surface area (Å²) in [6.07, 6.45) is 110. The van der Waals surface area contributed by atoms with Gasteiger partial charge in [-0.15, -0.1) is 0 Å². The van der Waals surface area contributed by atoms with Crippen LogP contribution < -0.4 is 29.4 Å². The van der Waals surface area contributed by atoms with Gasteiger partial charge in [0.15, 0.2) is 0 Å². The monoisotopic (exact) mass is 1820 g/mol. The van der Waals surface area contributed by atoms with Crippen molar-refractivity contribution in [3.8, 4) is 0 Å². The van der Waals surface area contributed by atoms with Gasteiger partial charge in [0.05, 0.1) is 0 Å². The maximum atomic E-state index is 2.78. The molecule has 0 unspecified atom stereocenters. The maximum absolute atomic E-state index is 2.78. The van der Waals surface area contributed by atoms with E-state index in [4.69, 9.17) is 0 Å². The molecule has 0 atom stereocenters. The van der Waals surface area contributed by atoms with Crippen LogP contribution in [0.25, 0.3) is 0 Å². The van der Waals surface area contributed by atoms with Crippen LogP contribution in [0.2, 0.25) is 0 Å². The van der Waals surface area contributed by atoms with Gasteiger partial charge in [-0.25, -0.2) is 0 Å². The minimum Gasteiger partial charge on any atom is -0.372 e. The number of rotatable bonds is 98. The highest BCUT2D eigenvalue weighted by molar-refractivity contribution is 5.83. The first-order chi connectivity index (χ1) is 65.4. The fourth-order valence-electron chi connectivity index (χ4n) is 20.7. The third kappa shape index (κ3) is 58.6. The van der Waals surface area contributed by atoms with Crippen LogP contribution >= 0.6 is 0 Å². The van der Waals surface area contributed by atoms with E-state index < -0.39 is 0 Å². The van der Waals surface area contributed by atoms with E-state index in [1.165, 1.54) is 571 Å². The Labute approximate surface area is 823 Å². The molecule has 0 aromatic heterocycles. The number of unbranched alkanes of at least 4 members (excludes halogenated alkanes) is 72. The van der Waals surface area contributed by atoms with E-state index >= 15 is 0 Å². The number of anilines is 10. The van der Waals surface area contributed by atoms with Crippen molar-refractivity contribution in [1.29, 1.82) is 0 Å². The Balaban J connectivity index is 1.59. The smallest absolute Gasteiger partial charge is 0.0463 e. The standard InChI is InChI=1S/C126H220N6/c1-9-17-25-33-41-49-57-65-73-81-109-127(110-82-74-66-58-50-42-34-26-18-10-2)117-89-97-121(98-90-117)131(122-99-91-118(92-100-122)128(111-83-75-67-59-51-43-35-27-19-11-3)112-84-76-68-60-52-44-36-28-20-12-4)125-105-107-126(108-106-125)132(123-101-93-119(94-102-123)129(113-85-77-69-61-53-45-37-29-21-13-5)114-86-78-70-62-54-46-38-30-22-14-6)124-103-95-120(96-104-124)130(115-87-79-71-63-55-47-39-31-23-15-7)116-88-80-72-64-56-48-40-32-24-16-8/h89-108H,9-88,109-116H2,1-8H3. The number of hydrogen-bond donors (Lipinski definition) is 0. The summed E-state index contributed by atoms with van der Waals surface area (Å²) in [6.45, 7) is 27.9. The van der Waals surface area contributed by atoms with Crippen LogP contribution in [0.5, 0.6) is 0 Å². The molecule has 0 saturated carbocycles. The second-order valence-electron chi connectivity index (χ2n) is 41.7. The van der Waals surface area contributed by atoms with E-state index in [0.29, 0.717) is 0 Å². The van der Waals surface area contributed by atoms with Crippen LogP contribution in [-0.2, 0) is 0 Å². The van der Waals surface area contributed by atoms with Crippen molar-refractivity contribution in [2.75, 3.05) is 81.8 Å². The SMILES string of the molecule is CCCCCCCCCCCCN(CCCCCCCCCCCC)c1ccc(N(c2ccc(N(CCCCCCCCCCCC)CCCCCCCCCCCC)cc2)c2ccc(N(c3ccc(N(CCCCCCCCCCCC)CCCCCCCCCCCC)cc3)c3ccc(N(CCCCCCCCCCCC)CCCCCCCCCCCC)cc3)cc2)cc1. The van der Waals surface area contributed by atoms with Crippen LogP contribution in [0.1, 0.15) is 569 Å². The third-order valence-electron chi connectivity index (χ3n) is 29.5. The number of nitrogens with zero attached hydrogens (tertiary/aromatic N) is 6. The highest BCUT2D eigenvalue weighted by Gasteiger charge is 2.21. The molecule has 754 valence electrons. The fraction of sp³-hybridized carbons (Fsp3) is 0.762. The number of benzene rings is 5. The molecule has 0 N–H and O–H groups in total. The molecule has 5 rings (SSSR count). The van der Waals surface area contributed by atoms with E-state index in [-0.39, 0.29) is 0 Å². The largest absolute Gasteiger partial charge is 0.372 e. The Morgan fingerprint density at radius 2 is 0.174 bits per heavy atom. The average Bonchev–Trinajstić information content (AvgIpc) is 0.784. The normalized spacial score (nSPS) is 11.6. The van der Waals surface area contributed by atoms with Crippen molar-refractivity contribution >= 4 is 56.9 Å². The van der Waals surface area contributed by atoms with Gasteiger partial charge in [-0.05, 0) is 173 Å². The van der Waals surface area contributed by atoms with Crippen molar-refractivity contribution in [2.45, 2.75) is 569 Å². The van der Waals surface area contributed by atoms with Crippen molar-refractivity contribution in [3.05, 3.63) is 121 Å². The van der Waals surface area contributed by atoms with Gasteiger partial charge in [0.25, 0.3) is 0 Å². The molecule has 0 fully saturated rings. The van der Waals surface area contributed by atoms with E-state index in [1.807, 2.05) is 0 Å². The van der Waals surface area contributed by atoms with Crippen LogP contribution in [0.15, 0.2) is 121 Å². The molecule has 6 heteroatoms. The lowest BCUT2D eigenvalue weighted by atomic mass is 10.1. The quantitative estimate of drug-likeness (QED) is 0.0359. The summed E-state index contributed by atoms with van der Waals surface area (Å²) in [6, 6.07) is 49.6. The minimum atomic E-state index is 1.14. The summed E-state index contributed by atoms with van der Waals surface area (Å²) >= 11 is 0. The predicted octanol–water partition coefficient (Wildman–Crippen LogP) is 43.2. The highest BCUT2D eigenvalue weighted by atomic mass is 15.2. The van der Waals surface area contributed by atoms with Gasteiger partial charge in [-0.3, -0.25) is 0 Å². The van der Waals surface area contributed by atoms with Gasteiger partial charge >= 0.3 is 0 Å². The highest BCUT2D eigenvalue weighted by Crippen LogP contribution is 2.42. The average molecular weight is 1820 g/mol. The van der Waals surface area contributed by atoms with Crippen molar-refractivity contribution in [2.24, 2.45) is 0 Å². The second kappa shape index (κ2) is 86.3. The zero-order valence-electron chi connectivity index (χ0n) is 89.5. The first kappa shape index (κ1) is 117. The molecule has 0 radical (unpaired) electrons. The van der Waals surface area contributed by atoms with Gasteiger partial charge in [-0.2, -0.15) is 0 Å². The molecule has 0 spiro atoms. The van der Waals surface area contributed by atoms with E-state index in [2.05, 4.69) is 206 Å². The lowest BCUT2D eigenvalue weighted by Crippen LogP contribution is -2.26. The van der Waals surface area contributed by atoms with Gasteiger partial charge in [-0.1, -0.05) is 518 Å². The molecule has 6 nitrogen and oxygen atoms in total. The topological polar surface area (TPSA) is 19.4 Å². The molecular formula is C126H220N6. The zero-order valence-corrected chi connectivity index (χ0v) is 89.5. The van der Waals surface area contributed by atoms with Gasteiger partial charge in [0, 0.05) is 109 Å². The molecule has 132 heavy (non-hydrogen) atoms. The van der Waals surface area contributed by atoms with Crippen molar-refractivity contribution in [3.63, 3.8) is 0 Å². The first-order valence-corrected chi connectivity index (χ1v) is 59.5. The van der Waals surface area contributed by atoms with Crippen molar-refractivity contribution in [1.82, 2.24) is 0 Å². The molecule has 0 aliphatic rings. The third-order valence-corrected chi connectivity index (χ3v) is 29.5. The molecule has 0 bridgehead atoms. The zero-order chi connectivity index (χ0) is 93.6. The Morgan fingerprint density at radius 3 is 0.265 bits per heavy atom. The summed E-state index contributed by atoms with van der Waals surface area (Å²) < 4.78 is 0. The van der Waals surface area contributed by atoms with Crippen LogP contribution in [0.3, 0.4) is 0 Å². The molecule has 0 aliphatic carbocycles. The summed E-state index contributed by atoms with van der Waals surface area (Å²) in [5, 5.41) is 0. The molecule has 0 heterocycles. The molecule has 0 amide bonds. The lowest BCUT2D eigenvalue weighted by molar-refractivity contribution is 0.543. The first-order valence-electron chi connectivity index (χ1n) is 59.5. The van der Waals surface area contributed by atoms with Gasteiger partial charge in [0.2, 0.25) is 0 Å². The van der Waals surface area contributed by atoms with Crippen LogP contribution in [0, 0.1) is 0 Å². The molecule has 0 aliphatic heterocycles. The minimum absolute atomic E-state index is 1.14. The Bertz CT molecular complexity index is 2690. The summed E-state index contributed by atoms with van der Waals surface area (Å²) in [4.78, 5) is 16.3. The van der Waals surface area contributed by atoms with E-state index in [9.17, 15) is 0 Å². The fourth-order valence-corrected chi connectivity index (χ4v) is 20.7. The predicted molar refractivity (Wildman–Crippen MR) is 599 cm³/mol. The maximum Gasteiger partial charge on any atom is 0.0463 e. The number of hydrogen-bond acceptors (Lipinski definition) is 6.